The first-order valence-corrected chi connectivity index (χ1v) is 13.6. The van der Waals surface area contributed by atoms with Crippen LogP contribution in [0.25, 0.3) is 0 Å². The maximum atomic E-state index is 2.53. The summed E-state index contributed by atoms with van der Waals surface area (Å²) in [6.07, 6.45) is 4.90. The van der Waals surface area contributed by atoms with Gasteiger partial charge in [-0.1, -0.05) is 62.6 Å². The van der Waals surface area contributed by atoms with E-state index in [0.717, 1.165) is 11.1 Å². The molecule has 16 heavy (non-hydrogen) atoms. The van der Waals surface area contributed by atoms with Gasteiger partial charge < -0.3 is 0 Å². The highest BCUT2D eigenvalue weighted by Gasteiger charge is 2.41. The van der Waals surface area contributed by atoms with Crippen molar-refractivity contribution in [3.63, 3.8) is 0 Å². The van der Waals surface area contributed by atoms with Crippen LogP contribution in [-0.4, -0.2) is 16.1 Å². The maximum absolute atomic E-state index is 2.53. The second-order valence-electron chi connectivity index (χ2n) is 7.46. The third kappa shape index (κ3) is 2.78. The maximum Gasteiger partial charge on any atom is 0.0521 e. The van der Waals surface area contributed by atoms with Crippen molar-refractivity contribution in [1.29, 1.82) is 0 Å². The van der Waals surface area contributed by atoms with Crippen LogP contribution in [-0.2, 0) is 0 Å². The van der Waals surface area contributed by atoms with E-state index in [0.29, 0.717) is 0 Å². The second-order valence-corrected chi connectivity index (χ2v) is 18.2. The molecule has 0 amide bonds. The molecule has 0 aliphatic heterocycles. The number of hydrogen-bond donors (Lipinski definition) is 0. The zero-order valence-electron chi connectivity index (χ0n) is 12.3. The van der Waals surface area contributed by atoms with Crippen LogP contribution in [0, 0.1) is 0 Å². The number of allylic oxidation sites excluding steroid dienone is 4. The van der Waals surface area contributed by atoms with E-state index in [-0.39, 0.29) is 0 Å². The lowest BCUT2D eigenvalue weighted by molar-refractivity contribution is 0.862. The van der Waals surface area contributed by atoms with E-state index >= 15 is 0 Å². The summed E-state index contributed by atoms with van der Waals surface area (Å²) in [6.45, 7) is 19.8. The van der Waals surface area contributed by atoms with E-state index in [1.807, 2.05) is 0 Å². The van der Waals surface area contributed by atoms with Crippen molar-refractivity contribution >= 4 is 16.1 Å². The molecule has 0 heterocycles. The fraction of sp³-hybridized carbons (Fsp3) is 0.714. The Morgan fingerprint density at radius 2 is 1.38 bits per heavy atom. The molecule has 0 aromatic carbocycles. The monoisotopic (exact) mass is 252 g/mol. The van der Waals surface area contributed by atoms with E-state index in [9.17, 15) is 0 Å². The lowest BCUT2D eigenvalue weighted by atomic mass is 9.99. The van der Waals surface area contributed by atoms with Gasteiger partial charge in [-0.2, -0.15) is 0 Å². The normalized spacial score (nSPS) is 27.5. The largest absolute Gasteiger partial charge is 0.0835 e. The van der Waals surface area contributed by atoms with Gasteiger partial charge in [0.1, 0.15) is 0 Å². The van der Waals surface area contributed by atoms with Gasteiger partial charge >= 0.3 is 0 Å². The minimum Gasteiger partial charge on any atom is -0.0835 e. The summed E-state index contributed by atoms with van der Waals surface area (Å²) >= 11 is 0. The molecule has 1 aliphatic rings. The van der Waals surface area contributed by atoms with Crippen molar-refractivity contribution in [2.75, 3.05) is 0 Å². The first kappa shape index (κ1) is 14.0. The van der Waals surface area contributed by atoms with E-state index < -0.39 is 16.1 Å². The first-order valence-electron chi connectivity index (χ1n) is 6.40. The Hall–Kier alpha value is -0.0862. The molecular weight excluding hydrogens is 224 g/mol. The summed E-state index contributed by atoms with van der Waals surface area (Å²) < 4.78 is 0. The van der Waals surface area contributed by atoms with Gasteiger partial charge in [0, 0.05) is 0 Å². The van der Waals surface area contributed by atoms with Gasteiger partial charge in [-0.05, 0) is 24.9 Å². The Balaban J connectivity index is 3.20. The molecule has 0 radical (unpaired) electrons. The third-order valence-electron chi connectivity index (χ3n) is 3.93. The summed E-state index contributed by atoms with van der Waals surface area (Å²) in [5.74, 6) is 0. The highest BCUT2D eigenvalue weighted by molar-refractivity contribution is 6.84. The highest BCUT2D eigenvalue weighted by atomic mass is 28.3. The summed E-state index contributed by atoms with van der Waals surface area (Å²) in [4.78, 5) is 0. The highest BCUT2D eigenvalue weighted by Crippen LogP contribution is 2.49. The summed E-state index contributed by atoms with van der Waals surface area (Å²) in [6, 6.07) is 0. The predicted octanol–water partition coefficient (Wildman–Crippen LogP) is 5.31. The molecular formula is C14H28Si2. The van der Waals surface area contributed by atoms with E-state index in [1.165, 1.54) is 5.57 Å². The van der Waals surface area contributed by atoms with Crippen molar-refractivity contribution in [2.24, 2.45) is 0 Å². The molecule has 1 aliphatic carbocycles. The fourth-order valence-corrected chi connectivity index (χ4v) is 10.6. The molecule has 0 fully saturated rings. The average molecular weight is 253 g/mol. The molecule has 0 aromatic rings. The smallest absolute Gasteiger partial charge is 0.0521 e. The standard InChI is InChI=1S/C14H28Si2/c1-11-9-10-13(15(3,4)5)14(12(11)2)16(6,7)8/h9-10,13-14H,1-8H3. The molecule has 0 spiro atoms. The molecule has 0 N–H and O–H groups in total. The SMILES string of the molecule is CC1=C(C)C([Si](C)(C)C)C([Si](C)(C)C)C=C1. The quantitative estimate of drug-likeness (QED) is 0.584. The Morgan fingerprint density at radius 1 is 0.875 bits per heavy atom. The van der Waals surface area contributed by atoms with Crippen LogP contribution in [0.4, 0.5) is 0 Å². The molecule has 0 saturated carbocycles. The Morgan fingerprint density at radius 3 is 1.75 bits per heavy atom. The van der Waals surface area contributed by atoms with Crippen LogP contribution in [0.1, 0.15) is 13.8 Å². The molecule has 0 aromatic heterocycles. The minimum absolute atomic E-state index is 0.850. The van der Waals surface area contributed by atoms with Gasteiger partial charge in [0.05, 0.1) is 16.1 Å². The summed E-state index contributed by atoms with van der Waals surface area (Å²) in [5.41, 5.74) is 4.91. The minimum atomic E-state index is -1.11. The van der Waals surface area contributed by atoms with E-state index in [4.69, 9.17) is 0 Å². The Labute approximate surface area is 104 Å². The molecule has 0 bridgehead atoms. The lowest BCUT2D eigenvalue weighted by Gasteiger charge is -2.43. The van der Waals surface area contributed by atoms with Gasteiger partial charge in [-0.15, -0.1) is 0 Å². The molecule has 1 rings (SSSR count). The Kier molecular flexibility index (Phi) is 3.76. The number of rotatable bonds is 2. The van der Waals surface area contributed by atoms with Crippen LogP contribution in [0.3, 0.4) is 0 Å². The van der Waals surface area contributed by atoms with Crippen LogP contribution >= 0.6 is 0 Å². The van der Waals surface area contributed by atoms with Gasteiger partial charge in [-0.25, -0.2) is 0 Å². The van der Waals surface area contributed by atoms with Gasteiger partial charge in [0.2, 0.25) is 0 Å². The third-order valence-corrected chi connectivity index (χ3v) is 9.45. The van der Waals surface area contributed by atoms with Crippen molar-refractivity contribution in [2.45, 2.75) is 64.2 Å². The molecule has 92 valence electrons. The van der Waals surface area contributed by atoms with Gasteiger partial charge in [0.25, 0.3) is 0 Å². The van der Waals surface area contributed by atoms with Crippen LogP contribution < -0.4 is 0 Å². The van der Waals surface area contributed by atoms with E-state index in [2.05, 4.69) is 65.3 Å². The van der Waals surface area contributed by atoms with E-state index in [1.54, 1.807) is 5.57 Å². The Bertz CT molecular complexity index is 324. The number of hydrogen-bond acceptors (Lipinski definition) is 0. The van der Waals surface area contributed by atoms with Gasteiger partial charge in [-0.3, -0.25) is 0 Å². The molecule has 0 saturated heterocycles. The first-order chi connectivity index (χ1) is 7.05. The van der Waals surface area contributed by atoms with Crippen molar-refractivity contribution in [3.8, 4) is 0 Å². The zero-order valence-corrected chi connectivity index (χ0v) is 14.3. The second kappa shape index (κ2) is 4.30. The fourth-order valence-electron chi connectivity index (χ4n) is 2.98. The van der Waals surface area contributed by atoms with Crippen LogP contribution in [0.5, 0.6) is 0 Å². The molecule has 2 unspecified atom stereocenters. The molecule has 2 heteroatoms. The molecule has 0 nitrogen and oxygen atoms in total. The van der Waals surface area contributed by atoms with Crippen molar-refractivity contribution < 1.29 is 0 Å². The molecule has 2 atom stereocenters. The summed E-state index contributed by atoms with van der Waals surface area (Å²) in [7, 11) is -2.20. The predicted molar refractivity (Wildman–Crippen MR) is 81.7 cm³/mol. The van der Waals surface area contributed by atoms with Crippen LogP contribution in [0.15, 0.2) is 23.3 Å². The topological polar surface area (TPSA) is 0 Å². The van der Waals surface area contributed by atoms with Gasteiger partial charge in [0.15, 0.2) is 0 Å². The van der Waals surface area contributed by atoms with Crippen molar-refractivity contribution in [1.82, 2.24) is 0 Å². The van der Waals surface area contributed by atoms with Crippen LogP contribution in [0.2, 0.25) is 50.4 Å². The van der Waals surface area contributed by atoms with Crippen molar-refractivity contribution in [3.05, 3.63) is 23.3 Å². The average Bonchev–Trinajstić information content (AvgIpc) is 2.05. The summed E-state index contributed by atoms with van der Waals surface area (Å²) in [5, 5.41) is 0. The lowest BCUT2D eigenvalue weighted by Crippen LogP contribution is -2.41. The zero-order chi connectivity index (χ0) is 12.7.